The highest BCUT2D eigenvalue weighted by molar-refractivity contribution is 5.96. The van der Waals surface area contributed by atoms with E-state index in [-0.39, 0.29) is 18.0 Å². The molecule has 0 saturated heterocycles. The Hall–Kier alpha value is -1.72. The maximum absolute atomic E-state index is 12.4. The summed E-state index contributed by atoms with van der Waals surface area (Å²) in [6.45, 7) is 0.421. The molecule has 1 aromatic carbocycles. The van der Waals surface area contributed by atoms with Gasteiger partial charge in [-0.2, -0.15) is 13.2 Å². The van der Waals surface area contributed by atoms with Gasteiger partial charge in [0.1, 0.15) is 0 Å². The minimum absolute atomic E-state index is 0.178. The minimum Gasteiger partial charge on any atom is -0.383 e. The van der Waals surface area contributed by atoms with E-state index in [1.54, 1.807) is 0 Å². The minimum atomic E-state index is -4.40. The smallest absolute Gasteiger partial charge is 0.383 e. The van der Waals surface area contributed by atoms with Gasteiger partial charge in [-0.25, -0.2) is 0 Å². The molecular weight excluding hydrogens is 221 g/mol. The number of alkyl halides is 3. The van der Waals surface area contributed by atoms with Crippen LogP contribution in [0.2, 0.25) is 0 Å². The Morgan fingerprint density at radius 2 is 1.94 bits per heavy atom. The van der Waals surface area contributed by atoms with E-state index in [4.69, 9.17) is 0 Å². The van der Waals surface area contributed by atoms with E-state index in [1.807, 2.05) is 0 Å². The Kier molecular flexibility index (Phi) is 2.49. The Labute approximate surface area is 89.6 Å². The summed E-state index contributed by atoms with van der Waals surface area (Å²) < 4.78 is 37.3. The van der Waals surface area contributed by atoms with Gasteiger partial charge in [-0.1, -0.05) is 0 Å². The molecule has 1 aliphatic rings. The van der Waals surface area contributed by atoms with Crippen molar-refractivity contribution >= 4 is 17.3 Å². The third kappa shape index (κ3) is 2.10. The number of anilines is 2. The highest BCUT2D eigenvalue weighted by Crippen LogP contribution is 2.34. The van der Waals surface area contributed by atoms with Crippen molar-refractivity contribution in [3.05, 3.63) is 23.8 Å². The summed E-state index contributed by atoms with van der Waals surface area (Å²) in [6, 6.07) is 3.25. The molecule has 0 aliphatic carbocycles. The average molecular weight is 230 g/mol. The molecule has 2 rings (SSSR count). The van der Waals surface area contributed by atoms with Gasteiger partial charge >= 0.3 is 6.18 Å². The first-order valence-electron chi connectivity index (χ1n) is 4.72. The fourth-order valence-corrected chi connectivity index (χ4v) is 1.50. The molecular formula is C10H9F3N2O. The van der Waals surface area contributed by atoms with E-state index in [0.29, 0.717) is 12.2 Å². The van der Waals surface area contributed by atoms with Gasteiger partial charge < -0.3 is 10.6 Å². The molecule has 16 heavy (non-hydrogen) atoms. The van der Waals surface area contributed by atoms with Crippen molar-refractivity contribution < 1.29 is 18.0 Å². The second kappa shape index (κ2) is 3.70. The summed E-state index contributed by atoms with van der Waals surface area (Å²) in [5.41, 5.74) is -0.0774. The normalized spacial score (nSPS) is 15.8. The molecule has 1 aromatic rings. The summed E-state index contributed by atoms with van der Waals surface area (Å²) in [7, 11) is 0. The maximum Gasteiger partial charge on any atom is 0.416 e. The molecule has 0 aromatic heterocycles. The zero-order valence-electron chi connectivity index (χ0n) is 8.19. The van der Waals surface area contributed by atoms with Crippen LogP contribution in [-0.2, 0) is 11.0 Å². The Bertz CT molecular complexity index is 429. The van der Waals surface area contributed by atoms with Crippen molar-refractivity contribution in [1.29, 1.82) is 0 Å². The topological polar surface area (TPSA) is 41.1 Å². The number of carbonyl (C=O) groups is 1. The van der Waals surface area contributed by atoms with Crippen LogP contribution in [-0.4, -0.2) is 12.5 Å². The lowest BCUT2D eigenvalue weighted by Gasteiger charge is -2.11. The highest BCUT2D eigenvalue weighted by Gasteiger charge is 2.31. The van der Waals surface area contributed by atoms with E-state index >= 15 is 0 Å². The lowest BCUT2D eigenvalue weighted by atomic mass is 10.1. The molecule has 1 heterocycles. The standard InChI is InChI=1S/C10H9F3N2O/c11-10(12,13)6-1-2-7-8(5-6)15-9(16)3-4-14-7/h1-2,5,14H,3-4H2,(H,15,16). The fourth-order valence-electron chi connectivity index (χ4n) is 1.50. The average Bonchev–Trinajstić information content (AvgIpc) is 2.35. The molecule has 0 saturated carbocycles. The van der Waals surface area contributed by atoms with Crippen LogP contribution in [0.25, 0.3) is 0 Å². The first-order chi connectivity index (χ1) is 7.47. The predicted octanol–water partition coefficient (Wildman–Crippen LogP) is 2.46. The largest absolute Gasteiger partial charge is 0.416 e. The second-order valence-corrected chi connectivity index (χ2v) is 3.48. The number of hydrogen-bond acceptors (Lipinski definition) is 2. The van der Waals surface area contributed by atoms with E-state index in [2.05, 4.69) is 10.6 Å². The summed E-state index contributed by atoms with van der Waals surface area (Å²) in [5.74, 6) is -0.287. The summed E-state index contributed by atoms with van der Waals surface area (Å²) in [5, 5.41) is 5.32. The zero-order chi connectivity index (χ0) is 11.8. The lowest BCUT2D eigenvalue weighted by Crippen LogP contribution is -2.11. The molecule has 86 valence electrons. The number of rotatable bonds is 0. The summed E-state index contributed by atoms with van der Waals surface area (Å²) >= 11 is 0. The van der Waals surface area contributed by atoms with Crippen LogP contribution in [0.15, 0.2) is 18.2 Å². The molecule has 3 nitrogen and oxygen atoms in total. The van der Waals surface area contributed by atoms with Crippen LogP contribution in [0, 0.1) is 0 Å². The molecule has 0 radical (unpaired) electrons. The van der Waals surface area contributed by atoms with Crippen LogP contribution in [0.4, 0.5) is 24.5 Å². The molecule has 0 bridgehead atoms. The van der Waals surface area contributed by atoms with Crippen molar-refractivity contribution in [3.8, 4) is 0 Å². The number of hydrogen-bond donors (Lipinski definition) is 2. The SMILES string of the molecule is O=C1CCNc2ccc(C(F)(F)F)cc2N1. The third-order valence-corrected chi connectivity index (χ3v) is 2.29. The first kappa shape index (κ1) is 10.8. The van der Waals surface area contributed by atoms with Crippen LogP contribution >= 0.6 is 0 Å². The first-order valence-corrected chi connectivity index (χ1v) is 4.72. The van der Waals surface area contributed by atoms with Gasteiger partial charge in [-0.05, 0) is 18.2 Å². The number of nitrogens with one attached hydrogen (secondary N) is 2. The van der Waals surface area contributed by atoms with Crippen LogP contribution in [0.3, 0.4) is 0 Å². The molecule has 0 unspecified atom stereocenters. The van der Waals surface area contributed by atoms with E-state index in [9.17, 15) is 18.0 Å². The zero-order valence-corrected chi connectivity index (χ0v) is 8.19. The quantitative estimate of drug-likeness (QED) is 0.718. The van der Waals surface area contributed by atoms with Crippen LogP contribution in [0.5, 0.6) is 0 Å². The molecule has 6 heteroatoms. The predicted molar refractivity (Wildman–Crippen MR) is 53.2 cm³/mol. The van der Waals surface area contributed by atoms with E-state index < -0.39 is 11.7 Å². The monoisotopic (exact) mass is 230 g/mol. The number of fused-ring (bicyclic) bond motifs is 1. The molecule has 0 atom stereocenters. The third-order valence-electron chi connectivity index (χ3n) is 2.29. The van der Waals surface area contributed by atoms with Crippen LogP contribution < -0.4 is 10.6 Å². The van der Waals surface area contributed by atoms with Gasteiger partial charge in [-0.3, -0.25) is 4.79 Å². The Balaban J connectivity index is 2.40. The van der Waals surface area contributed by atoms with Gasteiger partial charge in [0.25, 0.3) is 0 Å². The van der Waals surface area contributed by atoms with Crippen molar-refractivity contribution in [2.45, 2.75) is 12.6 Å². The van der Waals surface area contributed by atoms with Crippen LogP contribution in [0.1, 0.15) is 12.0 Å². The molecule has 1 aliphatic heterocycles. The molecule has 2 N–H and O–H groups in total. The molecule has 0 spiro atoms. The fraction of sp³-hybridized carbons (Fsp3) is 0.300. The summed E-state index contributed by atoms with van der Waals surface area (Å²) in [4.78, 5) is 11.2. The van der Waals surface area contributed by atoms with Gasteiger partial charge in [0.2, 0.25) is 5.91 Å². The Morgan fingerprint density at radius 1 is 1.19 bits per heavy atom. The van der Waals surface area contributed by atoms with Crippen molar-refractivity contribution in [3.63, 3.8) is 0 Å². The molecule has 0 fully saturated rings. The number of carbonyl (C=O) groups excluding carboxylic acids is 1. The number of amides is 1. The number of halogens is 3. The van der Waals surface area contributed by atoms with Gasteiger partial charge in [0.05, 0.1) is 16.9 Å². The lowest BCUT2D eigenvalue weighted by molar-refractivity contribution is -0.137. The van der Waals surface area contributed by atoms with Crippen molar-refractivity contribution in [2.24, 2.45) is 0 Å². The summed E-state index contributed by atoms with van der Waals surface area (Å²) in [6.07, 6.45) is -4.15. The van der Waals surface area contributed by atoms with Crippen molar-refractivity contribution in [2.75, 3.05) is 17.2 Å². The van der Waals surface area contributed by atoms with Gasteiger partial charge in [-0.15, -0.1) is 0 Å². The van der Waals surface area contributed by atoms with Crippen molar-refractivity contribution in [1.82, 2.24) is 0 Å². The highest BCUT2D eigenvalue weighted by atomic mass is 19.4. The van der Waals surface area contributed by atoms with Gasteiger partial charge in [0.15, 0.2) is 0 Å². The van der Waals surface area contributed by atoms with E-state index in [1.165, 1.54) is 6.07 Å². The van der Waals surface area contributed by atoms with Gasteiger partial charge in [0, 0.05) is 13.0 Å². The Morgan fingerprint density at radius 3 is 2.62 bits per heavy atom. The maximum atomic E-state index is 12.4. The van der Waals surface area contributed by atoms with E-state index in [0.717, 1.165) is 12.1 Å². The number of benzene rings is 1. The second-order valence-electron chi connectivity index (χ2n) is 3.48. The molecule has 1 amide bonds.